The summed E-state index contributed by atoms with van der Waals surface area (Å²) in [6, 6.07) is 10.9. The van der Waals surface area contributed by atoms with Crippen molar-refractivity contribution < 1.29 is 9.59 Å². The molecule has 0 radical (unpaired) electrons. The van der Waals surface area contributed by atoms with Crippen molar-refractivity contribution in [3.8, 4) is 0 Å². The lowest BCUT2D eigenvalue weighted by Crippen LogP contribution is -2.49. The van der Waals surface area contributed by atoms with Gasteiger partial charge in [-0.15, -0.1) is 0 Å². The van der Waals surface area contributed by atoms with E-state index < -0.39 is 0 Å². The first kappa shape index (κ1) is 20.4. The number of rotatable bonds is 7. The van der Waals surface area contributed by atoms with Crippen LogP contribution in [0.25, 0.3) is 0 Å². The van der Waals surface area contributed by atoms with Crippen LogP contribution in [0.5, 0.6) is 0 Å². The van der Waals surface area contributed by atoms with Crippen molar-refractivity contribution >= 4 is 11.8 Å². The highest BCUT2D eigenvalue weighted by molar-refractivity contribution is 5.79. The Morgan fingerprint density at radius 1 is 0.931 bits per heavy atom. The van der Waals surface area contributed by atoms with Gasteiger partial charge in [0.25, 0.3) is 0 Å². The van der Waals surface area contributed by atoms with E-state index in [0.717, 1.165) is 38.8 Å². The van der Waals surface area contributed by atoms with E-state index >= 15 is 0 Å². The maximum absolute atomic E-state index is 12.7. The molecule has 2 aliphatic carbocycles. The van der Waals surface area contributed by atoms with Crippen molar-refractivity contribution in [2.24, 2.45) is 11.8 Å². The number of likely N-dealkylation sites (tertiary alicyclic amines) is 1. The quantitative estimate of drug-likeness (QED) is 0.741. The van der Waals surface area contributed by atoms with E-state index in [9.17, 15) is 9.59 Å². The summed E-state index contributed by atoms with van der Waals surface area (Å²) in [5.74, 6) is 1.32. The number of piperidine rings is 1. The Balaban J connectivity index is 1.19. The maximum atomic E-state index is 12.7. The first-order valence-corrected chi connectivity index (χ1v) is 11.6. The molecule has 4 rings (SSSR count). The van der Waals surface area contributed by atoms with Crippen LogP contribution in [0.4, 0.5) is 0 Å². The molecular formula is C24H35N3O2. The molecule has 2 amide bonds. The minimum absolute atomic E-state index is 0.0728. The van der Waals surface area contributed by atoms with Gasteiger partial charge in [0.2, 0.25) is 11.8 Å². The number of nitrogens with zero attached hydrogens (tertiary/aromatic N) is 1. The predicted molar refractivity (Wildman–Crippen MR) is 114 cm³/mol. The number of hydrogen-bond donors (Lipinski definition) is 2. The molecule has 1 atom stereocenters. The molecule has 1 aliphatic heterocycles. The number of benzene rings is 1. The van der Waals surface area contributed by atoms with E-state index in [1.807, 2.05) is 11.0 Å². The van der Waals surface area contributed by atoms with Gasteiger partial charge in [-0.25, -0.2) is 0 Å². The van der Waals surface area contributed by atoms with Gasteiger partial charge in [0.1, 0.15) is 0 Å². The van der Waals surface area contributed by atoms with Gasteiger partial charge in [-0.2, -0.15) is 0 Å². The summed E-state index contributed by atoms with van der Waals surface area (Å²) in [5.41, 5.74) is 1.28. The smallest absolute Gasteiger partial charge is 0.234 e. The zero-order valence-electron chi connectivity index (χ0n) is 17.4. The summed E-state index contributed by atoms with van der Waals surface area (Å²) in [6.07, 6.45) is 10.0. The van der Waals surface area contributed by atoms with Crippen LogP contribution in [0.15, 0.2) is 30.3 Å². The van der Waals surface area contributed by atoms with Crippen molar-refractivity contribution in [3.05, 3.63) is 35.9 Å². The van der Waals surface area contributed by atoms with Gasteiger partial charge in [-0.3, -0.25) is 9.59 Å². The fourth-order valence-electron chi connectivity index (χ4n) is 4.98. The maximum Gasteiger partial charge on any atom is 0.234 e. The molecule has 3 aliphatic rings. The Morgan fingerprint density at radius 3 is 2.28 bits per heavy atom. The molecule has 2 saturated carbocycles. The first-order valence-electron chi connectivity index (χ1n) is 11.6. The molecular weight excluding hydrogens is 362 g/mol. The summed E-state index contributed by atoms with van der Waals surface area (Å²) in [7, 11) is 0. The summed E-state index contributed by atoms with van der Waals surface area (Å²) in [4.78, 5) is 27.2. The van der Waals surface area contributed by atoms with Gasteiger partial charge >= 0.3 is 0 Å². The van der Waals surface area contributed by atoms with Crippen LogP contribution in [0, 0.1) is 11.8 Å². The van der Waals surface area contributed by atoms with E-state index in [4.69, 9.17) is 0 Å². The number of carbonyl (C=O) groups excluding carboxylic acids is 2. The second kappa shape index (κ2) is 9.75. The van der Waals surface area contributed by atoms with Gasteiger partial charge in [-0.1, -0.05) is 49.6 Å². The van der Waals surface area contributed by atoms with E-state index in [-0.39, 0.29) is 23.9 Å². The highest BCUT2D eigenvalue weighted by Crippen LogP contribution is 2.40. The number of carbonyl (C=O) groups is 2. The first-order chi connectivity index (χ1) is 14.2. The molecule has 0 aromatic heterocycles. The lowest BCUT2D eigenvalue weighted by atomic mass is 9.87. The van der Waals surface area contributed by atoms with Crippen LogP contribution in [0.2, 0.25) is 0 Å². The Morgan fingerprint density at radius 2 is 1.62 bits per heavy atom. The van der Waals surface area contributed by atoms with Crippen molar-refractivity contribution in [1.82, 2.24) is 15.5 Å². The minimum atomic E-state index is 0.0728. The normalized spacial score (nSPS) is 22.3. The van der Waals surface area contributed by atoms with Crippen LogP contribution in [0.3, 0.4) is 0 Å². The van der Waals surface area contributed by atoms with Gasteiger partial charge < -0.3 is 15.5 Å². The predicted octanol–water partition coefficient (Wildman–Crippen LogP) is 3.41. The third-order valence-corrected chi connectivity index (χ3v) is 6.86. The molecule has 158 valence electrons. The van der Waals surface area contributed by atoms with Crippen LogP contribution >= 0.6 is 0 Å². The lowest BCUT2D eigenvalue weighted by Gasteiger charge is -2.35. The molecule has 1 saturated heterocycles. The standard InChI is InChI=1S/C24H35N3O2/c28-22(17-25-23(19-11-12-19)18-7-3-1-4-8-18)26-21-13-15-27(16-14-21)24(29)20-9-5-2-6-10-20/h1,3-4,7-8,19-21,23,25H,2,5-6,9-17H2,(H,26,28). The number of hydrogen-bond acceptors (Lipinski definition) is 3. The van der Waals surface area contributed by atoms with E-state index in [1.165, 1.54) is 37.7 Å². The highest BCUT2D eigenvalue weighted by atomic mass is 16.2. The summed E-state index contributed by atoms with van der Waals surface area (Å²) >= 11 is 0. The van der Waals surface area contributed by atoms with Gasteiger partial charge in [0.15, 0.2) is 0 Å². The van der Waals surface area contributed by atoms with Crippen molar-refractivity contribution in [2.45, 2.75) is 69.9 Å². The van der Waals surface area contributed by atoms with Crippen LogP contribution in [-0.4, -0.2) is 42.4 Å². The van der Waals surface area contributed by atoms with Crippen molar-refractivity contribution in [3.63, 3.8) is 0 Å². The van der Waals surface area contributed by atoms with E-state index in [2.05, 4.69) is 34.9 Å². The SMILES string of the molecule is O=C(CNC(c1ccccc1)C1CC1)NC1CCN(C(=O)C2CCCCC2)CC1. The average molecular weight is 398 g/mol. The Hall–Kier alpha value is -1.88. The van der Waals surface area contributed by atoms with E-state index in [1.54, 1.807) is 0 Å². The van der Waals surface area contributed by atoms with Gasteiger partial charge in [0, 0.05) is 31.1 Å². The van der Waals surface area contributed by atoms with Gasteiger partial charge in [-0.05, 0) is 50.0 Å². The van der Waals surface area contributed by atoms with Crippen molar-refractivity contribution in [1.29, 1.82) is 0 Å². The summed E-state index contributed by atoms with van der Waals surface area (Å²) in [6.45, 7) is 1.92. The molecule has 3 fully saturated rings. The summed E-state index contributed by atoms with van der Waals surface area (Å²) < 4.78 is 0. The number of nitrogens with one attached hydrogen (secondary N) is 2. The fraction of sp³-hybridized carbons (Fsp3) is 0.667. The van der Waals surface area contributed by atoms with Crippen LogP contribution < -0.4 is 10.6 Å². The molecule has 1 aromatic carbocycles. The zero-order valence-corrected chi connectivity index (χ0v) is 17.4. The lowest BCUT2D eigenvalue weighted by molar-refractivity contribution is -0.137. The summed E-state index contributed by atoms with van der Waals surface area (Å²) in [5, 5.41) is 6.67. The van der Waals surface area contributed by atoms with Crippen molar-refractivity contribution in [2.75, 3.05) is 19.6 Å². The highest BCUT2D eigenvalue weighted by Gasteiger charge is 2.33. The van der Waals surface area contributed by atoms with Crippen LogP contribution in [-0.2, 0) is 9.59 Å². The second-order valence-electron chi connectivity index (χ2n) is 9.11. The van der Waals surface area contributed by atoms with Gasteiger partial charge in [0.05, 0.1) is 6.54 Å². The molecule has 1 heterocycles. The zero-order chi connectivity index (χ0) is 20.1. The third kappa shape index (κ3) is 5.59. The molecule has 5 heteroatoms. The Bertz CT molecular complexity index is 675. The monoisotopic (exact) mass is 397 g/mol. The third-order valence-electron chi connectivity index (χ3n) is 6.86. The minimum Gasteiger partial charge on any atom is -0.352 e. The molecule has 0 bridgehead atoms. The molecule has 1 aromatic rings. The average Bonchev–Trinajstić information content (AvgIpc) is 3.61. The Kier molecular flexibility index (Phi) is 6.86. The van der Waals surface area contributed by atoms with E-state index in [0.29, 0.717) is 18.4 Å². The topological polar surface area (TPSA) is 61.4 Å². The Labute approximate surface area is 174 Å². The molecule has 2 N–H and O–H groups in total. The largest absolute Gasteiger partial charge is 0.352 e. The number of amides is 2. The molecule has 29 heavy (non-hydrogen) atoms. The second-order valence-corrected chi connectivity index (χ2v) is 9.11. The molecule has 1 unspecified atom stereocenters. The fourth-order valence-corrected chi connectivity index (χ4v) is 4.98. The van der Waals surface area contributed by atoms with Crippen LogP contribution in [0.1, 0.15) is 69.4 Å². The molecule has 5 nitrogen and oxygen atoms in total. The molecule has 0 spiro atoms.